The molecule has 0 saturated heterocycles. The van der Waals surface area contributed by atoms with Crippen LogP contribution < -0.4 is 4.90 Å². The van der Waals surface area contributed by atoms with Crippen LogP contribution in [0.4, 0.5) is 5.69 Å². The number of amides is 1. The zero-order valence-corrected chi connectivity index (χ0v) is 13.3. The molecule has 1 heterocycles. The molecule has 5 nitrogen and oxygen atoms in total. The Balaban J connectivity index is 2.53. The van der Waals surface area contributed by atoms with Gasteiger partial charge in [0.2, 0.25) is 5.91 Å². The van der Waals surface area contributed by atoms with E-state index in [1.165, 1.54) is 6.33 Å². The van der Waals surface area contributed by atoms with Crippen molar-refractivity contribution in [3.05, 3.63) is 40.9 Å². The molecule has 0 aliphatic carbocycles. The van der Waals surface area contributed by atoms with E-state index in [-0.39, 0.29) is 5.91 Å². The summed E-state index contributed by atoms with van der Waals surface area (Å²) in [5.41, 5.74) is 2.99. The maximum atomic E-state index is 12.1. The number of rotatable bonds is 5. The van der Waals surface area contributed by atoms with Gasteiger partial charge >= 0.3 is 0 Å². The summed E-state index contributed by atoms with van der Waals surface area (Å²) < 4.78 is 1.63. The van der Waals surface area contributed by atoms with Crippen molar-refractivity contribution in [2.24, 2.45) is 0 Å². The molecule has 0 aliphatic heterocycles. The molecule has 112 valence electrons. The Morgan fingerprint density at radius 2 is 2.10 bits per heavy atom. The van der Waals surface area contributed by atoms with Crippen molar-refractivity contribution in [2.45, 2.75) is 40.3 Å². The molecule has 0 saturated carbocycles. The molecule has 0 unspecified atom stereocenters. The van der Waals surface area contributed by atoms with Gasteiger partial charge in [-0.1, -0.05) is 31.5 Å². The van der Waals surface area contributed by atoms with Crippen LogP contribution in [0.1, 0.15) is 31.9 Å². The van der Waals surface area contributed by atoms with Crippen LogP contribution >= 0.6 is 11.6 Å². The SMILES string of the molecule is CCc1ccc(Cl)c(CC)c1N(Cn1cncn1)C(C)=O. The zero-order valence-electron chi connectivity index (χ0n) is 12.5. The summed E-state index contributed by atoms with van der Waals surface area (Å²) in [4.78, 5) is 17.8. The molecule has 1 aromatic heterocycles. The van der Waals surface area contributed by atoms with Crippen molar-refractivity contribution < 1.29 is 4.79 Å². The smallest absolute Gasteiger partial charge is 0.225 e. The number of aromatic nitrogens is 3. The van der Waals surface area contributed by atoms with Crippen LogP contribution in [0.2, 0.25) is 5.02 Å². The molecule has 0 fully saturated rings. The standard InChI is InChI=1S/C15H19ClN4O/c1-4-12-6-7-14(16)13(5-2)15(12)20(11(3)21)10-19-9-17-8-18-19/h6-9H,4-5,10H2,1-3H3. The highest BCUT2D eigenvalue weighted by atomic mass is 35.5. The Hall–Kier alpha value is -1.88. The molecule has 0 N–H and O–H groups in total. The molecule has 2 rings (SSSR count). The van der Waals surface area contributed by atoms with Crippen LogP contribution in [0.25, 0.3) is 0 Å². The van der Waals surface area contributed by atoms with Crippen LogP contribution in [0, 0.1) is 0 Å². The molecule has 0 radical (unpaired) electrons. The molecule has 0 atom stereocenters. The number of benzene rings is 1. The number of hydrogen-bond acceptors (Lipinski definition) is 3. The van der Waals surface area contributed by atoms with Gasteiger partial charge in [0.05, 0.1) is 5.69 Å². The average Bonchev–Trinajstić information content (AvgIpc) is 2.97. The highest BCUT2D eigenvalue weighted by molar-refractivity contribution is 6.32. The van der Waals surface area contributed by atoms with Crippen molar-refractivity contribution in [1.29, 1.82) is 0 Å². The molecule has 0 spiro atoms. The highest BCUT2D eigenvalue weighted by Crippen LogP contribution is 2.33. The molecule has 0 aliphatic rings. The van der Waals surface area contributed by atoms with Crippen molar-refractivity contribution >= 4 is 23.2 Å². The Kier molecular flexibility index (Phi) is 4.96. The lowest BCUT2D eigenvalue weighted by Gasteiger charge is -2.26. The highest BCUT2D eigenvalue weighted by Gasteiger charge is 2.20. The first-order valence-corrected chi connectivity index (χ1v) is 7.37. The summed E-state index contributed by atoms with van der Waals surface area (Å²) >= 11 is 6.32. The van der Waals surface area contributed by atoms with E-state index < -0.39 is 0 Å². The number of carbonyl (C=O) groups excluding carboxylic acids is 1. The van der Waals surface area contributed by atoms with Crippen LogP contribution in [0.5, 0.6) is 0 Å². The Labute approximate surface area is 129 Å². The van der Waals surface area contributed by atoms with Crippen molar-refractivity contribution in [1.82, 2.24) is 14.8 Å². The molecule has 6 heteroatoms. The minimum atomic E-state index is -0.0443. The fourth-order valence-electron chi connectivity index (χ4n) is 2.40. The summed E-state index contributed by atoms with van der Waals surface area (Å²) in [6, 6.07) is 3.88. The van der Waals surface area contributed by atoms with Crippen molar-refractivity contribution in [2.75, 3.05) is 4.90 Å². The van der Waals surface area contributed by atoms with E-state index in [0.29, 0.717) is 11.7 Å². The second-order valence-corrected chi connectivity index (χ2v) is 5.17. The monoisotopic (exact) mass is 306 g/mol. The van der Waals surface area contributed by atoms with Gasteiger partial charge in [-0.3, -0.25) is 9.69 Å². The average molecular weight is 307 g/mol. The quantitative estimate of drug-likeness (QED) is 0.853. The largest absolute Gasteiger partial charge is 0.292 e. The fourth-order valence-corrected chi connectivity index (χ4v) is 2.68. The predicted octanol–water partition coefficient (Wildman–Crippen LogP) is 3.07. The Bertz CT molecular complexity index is 625. The number of hydrogen-bond donors (Lipinski definition) is 0. The normalized spacial score (nSPS) is 10.7. The topological polar surface area (TPSA) is 51.0 Å². The van der Waals surface area contributed by atoms with Gasteiger partial charge < -0.3 is 0 Å². The number of nitrogens with zero attached hydrogens (tertiary/aromatic N) is 4. The molecule has 2 aromatic rings. The van der Waals surface area contributed by atoms with Crippen molar-refractivity contribution in [3.8, 4) is 0 Å². The lowest BCUT2D eigenvalue weighted by Crippen LogP contribution is -2.32. The molecule has 0 bridgehead atoms. The zero-order chi connectivity index (χ0) is 15.4. The third-order valence-corrected chi connectivity index (χ3v) is 3.80. The maximum Gasteiger partial charge on any atom is 0.225 e. The van der Waals surface area contributed by atoms with E-state index in [4.69, 9.17) is 11.6 Å². The van der Waals surface area contributed by atoms with Gasteiger partial charge in [0.25, 0.3) is 0 Å². The summed E-state index contributed by atoms with van der Waals surface area (Å²) in [5, 5.41) is 4.77. The molecule has 1 amide bonds. The maximum absolute atomic E-state index is 12.1. The number of anilines is 1. The van der Waals surface area contributed by atoms with E-state index in [0.717, 1.165) is 29.7 Å². The van der Waals surface area contributed by atoms with Gasteiger partial charge in [-0.15, -0.1) is 0 Å². The number of aryl methyl sites for hydroxylation is 1. The minimum Gasteiger partial charge on any atom is -0.292 e. The Morgan fingerprint density at radius 3 is 2.62 bits per heavy atom. The minimum absolute atomic E-state index is 0.0443. The fraction of sp³-hybridized carbons (Fsp3) is 0.400. The van der Waals surface area contributed by atoms with Crippen LogP contribution in [-0.2, 0) is 24.3 Å². The van der Waals surface area contributed by atoms with E-state index in [9.17, 15) is 4.79 Å². The summed E-state index contributed by atoms with van der Waals surface area (Å²) in [6.45, 7) is 5.99. The summed E-state index contributed by atoms with van der Waals surface area (Å²) in [5.74, 6) is -0.0443. The first-order valence-electron chi connectivity index (χ1n) is 6.99. The van der Waals surface area contributed by atoms with Gasteiger partial charge in [-0.2, -0.15) is 5.10 Å². The lowest BCUT2D eigenvalue weighted by molar-refractivity contribution is -0.117. The van der Waals surface area contributed by atoms with Crippen LogP contribution in [-0.4, -0.2) is 20.7 Å². The van der Waals surface area contributed by atoms with E-state index >= 15 is 0 Å². The third-order valence-electron chi connectivity index (χ3n) is 3.45. The number of carbonyl (C=O) groups is 1. The molecular formula is C15H19ClN4O. The summed E-state index contributed by atoms with van der Waals surface area (Å²) in [6.07, 6.45) is 4.65. The second-order valence-electron chi connectivity index (χ2n) is 4.76. The Morgan fingerprint density at radius 1 is 1.33 bits per heavy atom. The van der Waals surface area contributed by atoms with Gasteiger partial charge in [0, 0.05) is 11.9 Å². The second kappa shape index (κ2) is 6.72. The van der Waals surface area contributed by atoms with Gasteiger partial charge in [-0.25, -0.2) is 9.67 Å². The molecule has 1 aromatic carbocycles. The lowest BCUT2D eigenvalue weighted by atomic mass is 10.0. The summed E-state index contributed by atoms with van der Waals surface area (Å²) in [7, 11) is 0. The van der Waals surface area contributed by atoms with E-state index in [1.807, 2.05) is 19.1 Å². The predicted molar refractivity (Wildman–Crippen MR) is 83.4 cm³/mol. The van der Waals surface area contributed by atoms with Crippen molar-refractivity contribution in [3.63, 3.8) is 0 Å². The molecular weight excluding hydrogens is 288 g/mol. The first-order chi connectivity index (χ1) is 10.1. The first kappa shape index (κ1) is 15.5. The third kappa shape index (κ3) is 3.24. The van der Waals surface area contributed by atoms with Gasteiger partial charge in [0.1, 0.15) is 19.3 Å². The van der Waals surface area contributed by atoms with E-state index in [1.54, 1.807) is 22.8 Å². The van der Waals surface area contributed by atoms with Gasteiger partial charge in [0.15, 0.2) is 0 Å². The van der Waals surface area contributed by atoms with Crippen LogP contribution in [0.15, 0.2) is 24.8 Å². The van der Waals surface area contributed by atoms with E-state index in [2.05, 4.69) is 17.0 Å². The molecule has 21 heavy (non-hydrogen) atoms. The van der Waals surface area contributed by atoms with Crippen LogP contribution in [0.3, 0.4) is 0 Å². The van der Waals surface area contributed by atoms with Gasteiger partial charge in [-0.05, 0) is 30.0 Å². The number of halogens is 1.